The van der Waals surface area contributed by atoms with E-state index in [1.54, 1.807) is 36.4 Å². The zero-order valence-electron chi connectivity index (χ0n) is 10.9. The molecule has 0 saturated carbocycles. The van der Waals surface area contributed by atoms with Gasteiger partial charge in [-0.1, -0.05) is 30.3 Å². The maximum absolute atomic E-state index is 12.2. The number of ether oxygens (including phenoxy) is 1. The second-order valence-electron chi connectivity index (χ2n) is 4.22. The molecule has 1 N–H and O–H groups in total. The molecule has 0 heterocycles. The van der Waals surface area contributed by atoms with Crippen LogP contribution in [0.2, 0.25) is 0 Å². The van der Waals surface area contributed by atoms with E-state index in [1.807, 2.05) is 0 Å². The highest BCUT2D eigenvalue weighted by molar-refractivity contribution is 6.04. The Morgan fingerprint density at radius 2 is 1.62 bits per heavy atom. The normalized spacial score (nSPS) is 11.0. The number of hydrogen-bond donors (Lipinski definition) is 1. The average molecular weight is 295 g/mol. The van der Waals surface area contributed by atoms with E-state index in [-0.39, 0.29) is 11.4 Å². The summed E-state index contributed by atoms with van der Waals surface area (Å²) in [7, 11) is 0. The van der Waals surface area contributed by atoms with E-state index in [0.29, 0.717) is 5.56 Å². The molecule has 21 heavy (non-hydrogen) atoms. The average Bonchev–Trinajstić information content (AvgIpc) is 2.46. The molecule has 0 aromatic heterocycles. The number of halogens is 3. The smallest absolute Gasteiger partial charge is 0.422 e. The summed E-state index contributed by atoms with van der Waals surface area (Å²) in [6.45, 7) is -1.41. The Labute approximate surface area is 119 Å². The fraction of sp³-hybridized carbons (Fsp3) is 0.133. The molecule has 1 amide bonds. The van der Waals surface area contributed by atoms with E-state index < -0.39 is 18.7 Å². The minimum atomic E-state index is -4.43. The van der Waals surface area contributed by atoms with E-state index in [4.69, 9.17) is 4.74 Å². The van der Waals surface area contributed by atoms with Gasteiger partial charge in [0, 0.05) is 5.56 Å². The van der Waals surface area contributed by atoms with Gasteiger partial charge in [0.1, 0.15) is 5.75 Å². The molecule has 110 valence electrons. The molecule has 0 spiro atoms. The van der Waals surface area contributed by atoms with Crippen molar-refractivity contribution in [1.82, 2.24) is 0 Å². The van der Waals surface area contributed by atoms with E-state index in [1.165, 1.54) is 18.2 Å². The number of rotatable bonds is 4. The number of benzene rings is 2. The molecular weight excluding hydrogens is 283 g/mol. The largest absolute Gasteiger partial charge is 0.482 e. The predicted octanol–water partition coefficient (Wildman–Crippen LogP) is 3.88. The van der Waals surface area contributed by atoms with Crippen molar-refractivity contribution in [2.45, 2.75) is 6.18 Å². The minimum Gasteiger partial charge on any atom is -0.482 e. The van der Waals surface area contributed by atoms with Gasteiger partial charge in [0.2, 0.25) is 0 Å². The van der Waals surface area contributed by atoms with Crippen molar-refractivity contribution in [3.05, 3.63) is 60.2 Å². The molecule has 2 aromatic carbocycles. The molecule has 0 atom stereocenters. The maximum Gasteiger partial charge on any atom is 0.422 e. The molecule has 2 aromatic rings. The zero-order chi connectivity index (χ0) is 15.3. The van der Waals surface area contributed by atoms with Crippen LogP contribution < -0.4 is 10.1 Å². The van der Waals surface area contributed by atoms with Crippen LogP contribution in [-0.4, -0.2) is 18.7 Å². The van der Waals surface area contributed by atoms with E-state index in [9.17, 15) is 18.0 Å². The van der Waals surface area contributed by atoms with Crippen LogP contribution in [0.4, 0.5) is 18.9 Å². The van der Waals surface area contributed by atoms with Gasteiger partial charge in [-0.05, 0) is 24.3 Å². The van der Waals surface area contributed by atoms with Gasteiger partial charge in [0.05, 0.1) is 5.69 Å². The number of nitrogens with one attached hydrogen (secondary N) is 1. The summed E-state index contributed by atoms with van der Waals surface area (Å²) in [5, 5.41) is 2.53. The van der Waals surface area contributed by atoms with Gasteiger partial charge < -0.3 is 10.1 Å². The van der Waals surface area contributed by atoms with Crippen molar-refractivity contribution in [2.24, 2.45) is 0 Å². The summed E-state index contributed by atoms with van der Waals surface area (Å²) in [4.78, 5) is 12.0. The minimum absolute atomic E-state index is 0.0286. The molecule has 0 radical (unpaired) electrons. The van der Waals surface area contributed by atoms with Crippen LogP contribution in [0.25, 0.3) is 0 Å². The first kappa shape index (κ1) is 14.9. The predicted molar refractivity (Wildman–Crippen MR) is 72.4 cm³/mol. The Morgan fingerprint density at radius 3 is 2.29 bits per heavy atom. The van der Waals surface area contributed by atoms with E-state index >= 15 is 0 Å². The fourth-order valence-electron chi connectivity index (χ4n) is 1.64. The van der Waals surface area contributed by atoms with Crippen LogP contribution >= 0.6 is 0 Å². The standard InChI is InChI=1S/C15H12F3NO2/c16-15(17,18)10-21-13-9-5-4-8-12(13)19-14(20)11-6-2-1-3-7-11/h1-9H,10H2,(H,19,20). The molecule has 0 unspecified atom stereocenters. The lowest BCUT2D eigenvalue weighted by Crippen LogP contribution is -2.20. The summed E-state index contributed by atoms with van der Waals surface area (Å²) in [6, 6.07) is 14.3. The number of alkyl halides is 3. The van der Waals surface area contributed by atoms with Crippen molar-refractivity contribution in [2.75, 3.05) is 11.9 Å². The Bertz CT molecular complexity index is 612. The highest BCUT2D eigenvalue weighted by Crippen LogP contribution is 2.26. The van der Waals surface area contributed by atoms with Crippen LogP contribution in [0.15, 0.2) is 54.6 Å². The SMILES string of the molecule is O=C(Nc1ccccc1OCC(F)(F)F)c1ccccc1. The molecule has 0 aliphatic carbocycles. The molecule has 6 heteroatoms. The summed E-state index contributed by atoms with van der Waals surface area (Å²) in [5.74, 6) is -0.447. The Hall–Kier alpha value is -2.50. The third-order valence-electron chi connectivity index (χ3n) is 2.56. The van der Waals surface area contributed by atoms with Crippen LogP contribution in [0.5, 0.6) is 5.75 Å². The fourth-order valence-corrected chi connectivity index (χ4v) is 1.64. The molecule has 0 saturated heterocycles. The first-order chi connectivity index (χ1) is 9.96. The summed E-state index contributed by atoms with van der Waals surface area (Å²) >= 11 is 0. The number of anilines is 1. The monoisotopic (exact) mass is 295 g/mol. The quantitative estimate of drug-likeness (QED) is 0.929. The number of hydrogen-bond acceptors (Lipinski definition) is 2. The topological polar surface area (TPSA) is 38.3 Å². The number of amides is 1. The van der Waals surface area contributed by atoms with Crippen LogP contribution in [0.1, 0.15) is 10.4 Å². The number of carbonyl (C=O) groups is 1. The highest BCUT2D eigenvalue weighted by Gasteiger charge is 2.28. The summed E-state index contributed by atoms with van der Waals surface area (Å²) in [6.07, 6.45) is -4.43. The van der Waals surface area contributed by atoms with Crippen molar-refractivity contribution < 1.29 is 22.7 Å². The first-order valence-corrected chi connectivity index (χ1v) is 6.11. The van der Waals surface area contributed by atoms with Crippen molar-refractivity contribution in [3.8, 4) is 5.75 Å². The van der Waals surface area contributed by atoms with Crippen molar-refractivity contribution in [1.29, 1.82) is 0 Å². The van der Waals surface area contributed by atoms with Gasteiger partial charge in [0.25, 0.3) is 5.91 Å². The third-order valence-corrected chi connectivity index (χ3v) is 2.56. The zero-order valence-corrected chi connectivity index (χ0v) is 10.9. The van der Waals surface area contributed by atoms with E-state index in [0.717, 1.165) is 0 Å². The number of para-hydroxylation sites is 2. The van der Waals surface area contributed by atoms with Gasteiger partial charge in [-0.3, -0.25) is 4.79 Å². The molecular formula is C15H12F3NO2. The van der Waals surface area contributed by atoms with Crippen LogP contribution in [-0.2, 0) is 0 Å². The van der Waals surface area contributed by atoms with Gasteiger partial charge in [-0.15, -0.1) is 0 Å². The third kappa shape index (κ3) is 4.52. The second kappa shape index (κ2) is 6.30. The Balaban J connectivity index is 2.11. The highest BCUT2D eigenvalue weighted by atomic mass is 19.4. The molecule has 0 aliphatic heterocycles. The molecule has 0 fully saturated rings. The lowest BCUT2D eigenvalue weighted by atomic mass is 10.2. The van der Waals surface area contributed by atoms with Gasteiger partial charge in [0.15, 0.2) is 6.61 Å². The molecule has 3 nitrogen and oxygen atoms in total. The lowest BCUT2D eigenvalue weighted by molar-refractivity contribution is -0.153. The lowest BCUT2D eigenvalue weighted by Gasteiger charge is -2.13. The van der Waals surface area contributed by atoms with Gasteiger partial charge >= 0.3 is 6.18 Å². The Morgan fingerprint density at radius 1 is 1.00 bits per heavy atom. The van der Waals surface area contributed by atoms with Gasteiger partial charge in [-0.2, -0.15) is 13.2 Å². The van der Waals surface area contributed by atoms with E-state index in [2.05, 4.69) is 5.32 Å². The summed E-state index contributed by atoms with van der Waals surface area (Å²) in [5.41, 5.74) is 0.596. The first-order valence-electron chi connectivity index (χ1n) is 6.11. The van der Waals surface area contributed by atoms with Crippen LogP contribution in [0.3, 0.4) is 0 Å². The second-order valence-corrected chi connectivity index (χ2v) is 4.22. The van der Waals surface area contributed by atoms with Crippen LogP contribution in [0, 0.1) is 0 Å². The molecule has 0 bridgehead atoms. The maximum atomic E-state index is 12.2. The molecule has 0 aliphatic rings. The summed E-state index contributed by atoms with van der Waals surface area (Å²) < 4.78 is 41.3. The van der Waals surface area contributed by atoms with Crippen molar-refractivity contribution >= 4 is 11.6 Å². The Kier molecular flexibility index (Phi) is 4.47. The number of carbonyl (C=O) groups excluding carboxylic acids is 1. The molecule has 2 rings (SSSR count). The van der Waals surface area contributed by atoms with Gasteiger partial charge in [-0.25, -0.2) is 0 Å². The van der Waals surface area contributed by atoms with Crippen molar-refractivity contribution in [3.63, 3.8) is 0 Å².